The molecule has 0 aliphatic heterocycles. The van der Waals surface area contributed by atoms with Crippen molar-refractivity contribution in [3.63, 3.8) is 0 Å². The lowest BCUT2D eigenvalue weighted by Crippen LogP contribution is -2.21. The van der Waals surface area contributed by atoms with Gasteiger partial charge in [0.1, 0.15) is 5.75 Å². The third-order valence-electron chi connectivity index (χ3n) is 3.62. The number of rotatable bonds is 8. The molecule has 0 aliphatic carbocycles. The summed E-state index contributed by atoms with van der Waals surface area (Å²) in [7, 11) is 0. The van der Waals surface area contributed by atoms with Crippen molar-refractivity contribution in [1.82, 2.24) is 10.2 Å². The van der Waals surface area contributed by atoms with E-state index in [2.05, 4.69) is 15.5 Å². The molecule has 0 fully saturated rings. The number of amides is 1. The lowest BCUT2D eigenvalue weighted by Gasteiger charge is -2.07. The van der Waals surface area contributed by atoms with Crippen LogP contribution in [0.4, 0.5) is 6.01 Å². The van der Waals surface area contributed by atoms with E-state index in [0.29, 0.717) is 5.75 Å². The van der Waals surface area contributed by atoms with Gasteiger partial charge < -0.3 is 13.9 Å². The summed E-state index contributed by atoms with van der Waals surface area (Å²) < 4.78 is 15.7. The summed E-state index contributed by atoms with van der Waals surface area (Å²) in [5.74, 6) is -0.160. The van der Waals surface area contributed by atoms with E-state index >= 15 is 0 Å². The first kappa shape index (κ1) is 19.1. The van der Waals surface area contributed by atoms with Gasteiger partial charge in [0.25, 0.3) is 5.91 Å². The van der Waals surface area contributed by atoms with E-state index in [1.807, 2.05) is 43.3 Å². The first-order valence-corrected chi connectivity index (χ1v) is 8.64. The lowest BCUT2D eigenvalue weighted by molar-refractivity contribution is -0.147. The second-order valence-electron chi connectivity index (χ2n) is 5.90. The molecule has 0 bridgehead atoms. The fraction of sp³-hybridized carbons (Fsp3) is 0.200. The molecule has 3 rings (SSSR count). The van der Waals surface area contributed by atoms with Crippen LogP contribution < -0.4 is 10.1 Å². The van der Waals surface area contributed by atoms with Crippen LogP contribution in [0.5, 0.6) is 5.75 Å². The minimum Gasteiger partial charge on any atom is -0.493 e. The molecule has 0 atom stereocenters. The van der Waals surface area contributed by atoms with Crippen LogP contribution in [-0.2, 0) is 14.3 Å². The van der Waals surface area contributed by atoms with Crippen LogP contribution >= 0.6 is 0 Å². The summed E-state index contributed by atoms with van der Waals surface area (Å²) in [5.41, 5.74) is 1.80. The number of carbonyl (C=O) groups excluding carboxylic acids is 2. The molecule has 8 nitrogen and oxygen atoms in total. The number of anilines is 1. The molecule has 0 saturated heterocycles. The molecule has 3 aromatic rings. The van der Waals surface area contributed by atoms with Gasteiger partial charge >= 0.3 is 12.0 Å². The number of hydrogen-bond donors (Lipinski definition) is 1. The highest BCUT2D eigenvalue weighted by Gasteiger charge is 2.13. The first-order valence-electron chi connectivity index (χ1n) is 8.64. The highest BCUT2D eigenvalue weighted by molar-refractivity contribution is 5.90. The van der Waals surface area contributed by atoms with Crippen molar-refractivity contribution in [2.75, 3.05) is 18.5 Å². The molecule has 144 valence electrons. The van der Waals surface area contributed by atoms with Crippen molar-refractivity contribution in [2.24, 2.45) is 0 Å². The number of esters is 1. The predicted octanol–water partition coefficient (Wildman–Crippen LogP) is 3.00. The van der Waals surface area contributed by atoms with Gasteiger partial charge in [-0.15, -0.1) is 5.10 Å². The number of hydrogen-bond acceptors (Lipinski definition) is 7. The van der Waals surface area contributed by atoms with E-state index < -0.39 is 18.5 Å². The summed E-state index contributed by atoms with van der Waals surface area (Å²) in [6, 6.07) is 16.6. The number of aromatic nitrogens is 2. The van der Waals surface area contributed by atoms with Gasteiger partial charge in [-0.1, -0.05) is 35.4 Å². The molecular weight excluding hydrogens is 362 g/mol. The number of nitrogens with zero attached hydrogens (tertiary/aromatic N) is 2. The third-order valence-corrected chi connectivity index (χ3v) is 3.62. The van der Waals surface area contributed by atoms with E-state index in [1.54, 1.807) is 18.2 Å². The van der Waals surface area contributed by atoms with Gasteiger partial charge in [-0.3, -0.25) is 14.9 Å². The number of nitrogens with one attached hydrogen (secondary N) is 1. The zero-order valence-corrected chi connectivity index (χ0v) is 15.3. The summed E-state index contributed by atoms with van der Waals surface area (Å²) in [6.45, 7) is 1.66. The molecule has 0 unspecified atom stereocenters. The van der Waals surface area contributed by atoms with Crippen molar-refractivity contribution in [3.8, 4) is 17.2 Å². The monoisotopic (exact) mass is 381 g/mol. The van der Waals surface area contributed by atoms with Crippen LogP contribution in [0.2, 0.25) is 0 Å². The van der Waals surface area contributed by atoms with Gasteiger partial charge in [-0.05, 0) is 36.8 Å². The van der Waals surface area contributed by atoms with E-state index in [1.165, 1.54) is 0 Å². The van der Waals surface area contributed by atoms with E-state index in [4.69, 9.17) is 13.9 Å². The molecule has 0 radical (unpaired) electrons. The minimum atomic E-state index is -0.573. The molecule has 28 heavy (non-hydrogen) atoms. The molecule has 1 heterocycles. The van der Waals surface area contributed by atoms with Crippen molar-refractivity contribution >= 4 is 17.9 Å². The Kier molecular flexibility index (Phi) is 6.35. The maximum absolute atomic E-state index is 11.8. The molecule has 1 aromatic heterocycles. The first-order chi connectivity index (χ1) is 13.6. The average molecular weight is 381 g/mol. The van der Waals surface area contributed by atoms with Crippen molar-refractivity contribution in [2.45, 2.75) is 13.3 Å². The Hall–Kier alpha value is -3.68. The zero-order valence-electron chi connectivity index (χ0n) is 15.3. The SMILES string of the molecule is Cc1cccc(OCCC(=O)OCC(=O)Nc2nnc(-c3ccccc3)o2)c1. The van der Waals surface area contributed by atoms with E-state index in [0.717, 1.165) is 11.1 Å². The number of benzene rings is 2. The van der Waals surface area contributed by atoms with Crippen LogP contribution in [0.15, 0.2) is 59.0 Å². The van der Waals surface area contributed by atoms with Gasteiger partial charge in [0.2, 0.25) is 5.89 Å². The second-order valence-corrected chi connectivity index (χ2v) is 5.90. The topological polar surface area (TPSA) is 104 Å². The summed E-state index contributed by atoms with van der Waals surface area (Å²) in [6.07, 6.45) is 0.0277. The predicted molar refractivity (Wildman–Crippen MR) is 101 cm³/mol. The maximum Gasteiger partial charge on any atom is 0.322 e. The highest BCUT2D eigenvalue weighted by Crippen LogP contribution is 2.19. The van der Waals surface area contributed by atoms with E-state index in [-0.39, 0.29) is 24.9 Å². The van der Waals surface area contributed by atoms with Gasteiger partial charge in [-0.2, -0.15) is 0 Å². The van der Waals surface area contributed by atoms with E-state index in [9.17, 15) is 9.59 Å². The van der Waals surface area contributed by atoms with Crippen molar-refractivity contribution in [3.05, 3.63) is 60.2 Å². The van der Waals surface area contributed by atoms with Crippen LogP contribution in [0.1, 0.15) is 12.0 Å². The Morgan fingerprint density at radius 1 is 1.07 bits per heavy atom. The standard InChI is InChI=1S/C20H19N3O5/c1-14-6-5-9-16(12-14)26-11-10-18(25)27-13-17(24)21-20-23-22-19(28-20)15-7-3-2-4-8-15/h2-9,12H,10-11,13H2,1H3,(H,21,23,24). The Morgan fingerprint density at radius 3 is 2.68 bits per heavy atom. The number of carbonyl (C=O) groups is 2. The smallest absolute Gasteiger partial charge is 0.322 e. The number of aryl methyl sites for hydroxylation is 1. The Balaban J connectivity index is 1.38. The molecule has 8 heteroatoms. The van der Waals surface area contributed by atoms with Crippen LogP contribution in [0.25, 0.3) is 11.5 Å². The number of ether oxygens (including phenoxy) is 2. The molecule has 1 amide bonds. The van der Waals surface area contributed by atoms with Gasteiger partial charge in [0.15, 0.2) is 6.61 Å². The lowest BCUT2D eigenvalue weighted by atomic mass is 10.2. The second kappa shape index (κ2) is 9.31. The van der Waals surface area contributed by atoms with Gasteiger partial charge in [0.05, 0.1) is 13.0 Å². The van der Waals surface area contributed by atoms with Crippen LogP contribution in [-0.4, -0.2) is 35.3 Å². The van der Waals surface area contributed by atoms with Gasteiger partial charge in [0, 0.05) is 5.56 Å². The zero-order chi connectivity index (χ0) is 19.8. The Morgan fingerprint density at radius 2 is 1.89 bits per heavy atom. The Labute approximate surface area is 161 Å². The summed E-state index contributed by atoms with van der Waals surface area (Å²) in [4.78, 5) is 23.6. The highest BCUT2D eigenvalue weighted by atomic mass is 16.5. The molecular formula is C20H19N3O5. The quantitative estimate of drug-likeness (QED) is 0.598. The molecule has 2 aromatic carbocycles. The van der Waals surface area contributed by atoms with Crippen molar-refractivity contribution < 1.29 is 23.5 Å². The fourth-order valence-electron chi connectivity index (χ4n) is 2.30. The van der Waals surface area contributed by atoms with Gasteiger partial charge in [-0.25, -0.2) is 0 Å². The molecule has 0 saturated carbocycles. The largest absolute Gasteiger partial charge is 0.493 e. The molecule has 1 N–H and O–H groups in total. The summed E-state index contributed by atoms with van der Waals surface area (Å²) in [5, 5.41) is 9.98. The van der Waals surface area contributed by atoms with Crippen LogP contribution in [0, 0.1) is 6.92 Å². The third kappa shape index (κ3) is 5.66. The van der Waals surface area contributed by atoms with Crippen molar-refractivity contribution in [1.29, 1.82) is 0 Å². The van der Waals surface area contributed by atoms with Crippen LogP contribution in [0.3, 0.4) is 0 Å². The fourth-order valence-corrected chi connectivity index (χ4v) is 2.30. The Bertz CT molecular complexity index is 940. The minimum absolute atomic E-state index is 0.0277. The maximum atomic E-state index is 11.8. The average Bonchev–Trinajstić information content (AvgIpc) is 3.16. The molecule has 0 spiro atoms. The summed E-state index contributed by atoms with van der Waals surface area (Å²) >= 11 is 0. The normalized spacial score (nSPS) is 10.3. The molecule has 0 aliphatic rings.